The van der Waals surface area contributed by atoms with E-state index in [2.05, 4.69) is 5.32 Å². The van der Waals surface area contributed by atoms with E-state index in [1.807, 2.05) is 24.3 Å². The number of sulfonamides is 1. The van der Waals surface area contributed by atoms with E-state index in [0.717, 1.165) is 34.1 Å². The predicted octanol–water partition coefficient (Wildman–Crippen LogP) is 3.25. The van der Waals surface area contributed by atoms with E-state index in [1.165, 1.54) is 17.0 Å². The molecule has 0 aliphatic carbocycles. The first-order valence-corrected chi connectivity index (χ1v) is 13.3. The van der Waals surface area contributed by atoms with Crippen molar-refractivity contribution in [2.45, 2.75) is 12.2 Å². The molecule has 0 radical (unpaired) electrons. The summed E-state index contributed by atoms with van der Waals surface area (Å²) in [6, 6.07) is 13.8. The van der Waals surface area contributed by atoms with Gasteiger partial charge >= 0.3 is 0 Å². The summed E-state index contributed by atoms with van der Waals surface area (Å²) < 4.78 is 25.5. The maximum atomic E-state index is 12.3. The van der Waals surface area contributed by atoms with Gasteiger partial charge in [0, 0.05) is 37.0 Å². The van der Waals surface area contributed by atoms with Gasteiger partial charge in [0.2, 0.25) is 15.9 Å². The Kier molecular flexibility index (Phi) is 9.86. The number of carbonyl (C=O) groups is 2. The van der Waals surface area contributed by atoms with Crippen LogP contribution in [0.3, 0.4) is 0 Å². The summed E-state index contributed by atoms with van der Waals surface area (Å²) in [7, 11) is -0.397. The summed E-state index contributed by atoms with van der Waals surface area (Å²) in [5.74, 6) is 1.12. The number of rotatable bonds is 11. The smallest absolute Gasteiger partial charge is 0.253 e. The second-order valence-electron chi connectivity index (χ2n) is 7.40. The third-order valence-corrected chi connectivity index (χ3v) is 6.93. The molecular weight excluding hydrogens is 470 g/mol. The molecule has 0 aliphatic rings. The lowest BCUT2D eigenvalue weighted by molar-refractivity contribution is -0.119. The van der Waals surface area contributed by atoms with Crippen LogP contribution in [0.1, 0.15) is 22.3 Å². The fourth-order valence-electron chi connectivity index (χ4n) is 2.83. The highest BCUT2D eigenvalue weighted by molar-refractivity contribution is 7.98. The lowest BCUT2D eigenvalue weighted by Gasteiger charge is -2.22. The van der Waals surface area contributed by atoms with Gasteiger partial charge in [-0.3, -0.25) is 13.9 Å². The SMILES string of the molecule is CN(C)C(=O)c1ccc(N(CC(=O)NCCCSCc2cccc(Cl)c2)S(C)(=O)=O)cc1. The number of benzene rings is 2. The van der Waals surface area contributed by atoms with Crippen LogP contribution in [-0.2, 0) is 20.6 Å². The third-order valence-electron chi connectivity index (χ3n) is 4.44. The van der Waals surface area contributed by atoms with E-state index < -0.39 is 10.0 Å². The van der Waals surface area contributed by atoms with Gasteiger partial charge in [-0.05, 0) is 54.1 Å². The zero-order valence-electron chi connectivity index (χ0n) is 18.4. The molecule has 0 atom stereocenters. The lowest BCUT2D eigenvalue weighted by Crippen LogP contribution is -2.40. The molecule has 0 aromatic heterocycles. The maximum Gasteiger partial charge on any atom is 0.253 e. The van der Waals surface area contributed by atoms with Crippen molar-refractivity contribution in [2.75, 3.05) is 43.5 Å². The standard InChI is InChI=1S/C22H28ClN3O4S2/c1-25(2)22(28)18-8-10-20(11-9-18)26(32(3,29)30)15-21(27)24-12-5-13-31-16-17-6-4-7-19(23)14-17/h4,6-11,14H,5,12-13,15-16H2,1-3H3,(H,24,27). The highest BCUT2D eigenvalue weighted by Gasteiger charge is 2.21. The Morgan fingerprint density at radius 2 is 1.78 bits per heavy atom. The van der Waals surface area contributed by atoms with Crippen molar-refractivity contribution in [2.24, 2.45) is 0 Å². The first-order valence-electron chi connectivity index (χ1n) is 9.96. The molecule has 0 saturated heterocycles. The fourth-order valence-corrected chi connectivity index (χ4v) is 4.81. The Labute approximate surface area is 199 Å². The van der Waals surface area contributed by atoms with Gasteiger partial charge in [0.1, 0.15) is 6.54 Å². The Hall–Kier alpha value is -2.23. The van der Waals surface area contributed by atoms with E-state index in [1.54, 1.807) is 38.0 Å². The molecule has 0 unspecified atom stereocenters. The van der Waals surface area contributed by atoms with Crippen molar-refractivity contribution >= 4 is 50.9 Å². The van der Waals surface area contributed by atoms with Gasteiger partial charge < -0.3 is 10.2 Å². The molecule has 174 valence electrons. The molecule has 2 amide bonds. The van der Waals surface area contributed by atoms with E-state index >= 15 is 0 Å². The van der Waals surface area contributed by atoms with E-state index in [4.69, 9.17) is 11.6 Å². The van der Waals surface area contributed by atoms with Crippen LogP contribution >= 0.6 is 23.4 Å². The average molecular weight is 498 g/mol. The number of amides is 2. The Morgan fingerprint density at radius 3 is 2.38 bits per heavy atom. The number of halogens is 1. The topological polar surface area (TPSA) is 86.8 Å². The molecule has 10 heteroatoms. The van der Waals surface area contributed by atoms with Crippen LogP contribution < -0.4 is 9.62 Å². The van der Waals surface area contributed by atoms with E-state index in [0.29, 0.717) is 22.8 Å². The number of hydrogen-bond donors (Lipinski definition) is 1. The molecule has 0 bridgehead atoms. The molecule has 2 aromatic rings. The molecule has 7 nitrogen and oxygen atoms in total. The van der Waals surface area contributed by atoms with Crippen LogP contribution in [0, 0.1) is 0 Å². The van der Waals surface area contributed by atoms with Crippen molar-refractivity contribution in [3.63, 3.8) is 0 Å². The van der Waals surface area contributed by atoms with Gasteiger partial charge in [0.15, 0.2) is 0 Å². The van der Waals surface area contributed by atoms with Crippen molar-refractivity contribution in [3.05, 3.63) is 64.7 Å². The molecule has 1 N–H and O–H groups in total. The summed E-state index contributed by atoms with van der Waals surface area (Å²) >= 11 is 7.71. The normalized spacial score (nSPS) is 11.1. The van der Waals surface area contributed by atoms with Gasteiger partial charge in [0.25, 0.3) is 5.91 Å². The van der Waals surface area contributed by atoms with Crippen molar-refractivity contribution < 1.29 is 18.0 Å². The summed E-state index contributed by atoms with van der Waals surface area (Å²) in [5.41, 5.74) is 1.91. The molecule has 0 spiro atoms. The molecule has 2 rings (SSSR count). The van der Waals surface area contributed by atoms with Gasteiger partial charge in [0.05, 0.1) is 11.9 Å². The number of hydrogen-bond acceptors (Lipinski definition) is 5. The van der Waals surface area contributed by atoms with Crippen LogP contribution in [-0.4, -0.2) is 64.3 Å². The minimum Gasteiger partial charge on any atom is -0.354 e. The highest BCUT2D eigenvalue weighted by Crippen LogP contribution is 2.19. The van der Waals surface area contributed by atoms with Crippen LogP contribution in [0.4, 0.5) is 5.69 Å². The summed E-state index contributed by atoms with van der Waals surface area (Å²) in [5, 5.41) is 3.48. The molecule has 0 fully saturated rings. The minimum atomic E-state index is -3.67. The van der Waals surface area contributed by atoms with Crippen molar-refractivity contribution in [1.82, 2.24) is 10.2 Å². The number of nitrogens with one attached hydrogen (secondary N) is 1. The van der Waals surface area contributed by atoms with Crippen LogP contribution in [0.25, 0.3) is 0 Å². The Balaban J connectivity index is 1.83. The molecular formula is C22H28ClN3O4S2. The van der Waals surface area contributed by atoms with Crippen molar-refractivity contribution in [1.29, 1.82) is 0 Å². The van der Waals surface area contributed by atoms with E-state index in [9.17, 15) is 18.0 Å². The van der Waals surface area contributed by atoms with Crippen LogP contribution in [0.5, 0.6) is 0 Å². The van der Waals surface area contributed by atoms with Crippen molar-refractivity contribution in [3.8, 4) is 0 Å². The number of nitrogens with zero attached hydrogens (tertiary/aromatic N) is 2. The first-order chi connectivity index (χ1) is 15.1. The summed E-state index contributed by atoms with van der Waals surface area (Å²) in [6.45, 7) is 0.130. The third kappa shape index (κ3) is 8.37. The highest BCUT2D eigenvalue weighted by atomic mass is 35.5. The molecule has 32 heavy (non-hydrogen) atoms. The Morgan fingerprint density at radius 1 is 1.09 bits per heavy atom. The van der Waals surface area contributed by atoms with Gasteiger partial charge in [-0.15, -0.1) is 0 Å². The minimum absolute atomic E-state index is 0.187. The second-order valence-corrected chi connectivity index (χ2v) is 10.9. The summed E-state index contributed by atoms with van der Waals surface area (Å²) in [4.78, 5) is 25.8. The molecule has 0 heterocycles. The van der Waals surface area contributed by atoms with Gasteiger partial charge in [-0.2, -0.15) is 11.8 Å². The quantitative estimate of drug-likeness (QED) is 0.481. The maximum absolute atomic E-state index is 12.3. The first kappa shape index (κ1) is 26.0. The molecule has 0 aliphatic heterocycles. The van der Waals surface area contributed by atoms with Crippen LogP contribution in [0.2, 0.25) is 5.02 Å². The Bertz CT molecular complexity index is 1030. The monoisotopic (exact) mass is 497 g/mol. The number of thioether (sulfide) groups is 1. The molecule has 0 saturated carbocycles. The number of carbonyl (C=O) groups excluding carboxylic acids is 2. The van der Waals surface area contributed by atoms with Crippen LogP contribution in [0.15, 0.2) is 48.5 Å². The van der Waals surface area contributed by atoms with E-state index in [-0.39, 0.29) is 18.4 Å². The number of anilines is 1. The predicted molar refractivity (Wildman–Crippen MR) is 132 cm³/mol. The van der Waals surface area contributed by atoms with Gasteiger partial charge in [-0.1, -0.05) is 23.7 Å². The zero-order valence-corrected chi connectivity index (χ0v) is 20.8. The fraction of sp³-hybridized carbons (Fsp3) is 0.364. The second kappa shape index (κ2) is 12.1. The molecule has 2 aromatic carbocycles. The summed E-state index contributed by atoms with van der Waals surface area (Å²) in [6.07, 6.45) is 1.81. The lowest BCUT2D eigenvalue weighted by atomic mass is 10.2. The zero-order chi connectivity index (χ0) is 23.7. The average Bonchev–Trinajstić information content (AvgIpc) is 2.73. The largest absolute Gasteiger partial charge is 0.354 e. The van der Waals surface area contributed by atoms with Gasteiger partial charge in [-0.25, -0.2) is 8.42 Å².